The van der Waals surface area contributed by atoms with Crippen LogP contribution in [-0.4, -0.2) is 84.5 Å². The summed E-state index contributed by atoms with van der Waals surface area (Å²) in [5.41, 5.74) is 10.0. The van der Waals surface area contributed by atoms with Gasteiger partial charge in [0, 0.05) is 75.7 Å². The first-order chi connectivity index (χ1) is 26.3. The second kappa shape index (κ2) is 15.5. The van der Waals surface area contributed by atoms with E-state index in [1.807, 2.05) is 24.3 Å². The van der Waals surface area contributed by atoms with Crippen LogP contribution in [0.1, 0.15) is 71.6 Å². The number of hydrogen-bond acceptors (Lipinski definition) is 7. The van der Waals surface area contributed by atoms with E-state index < -0.39 is 6.04 Å². The van der Waals surface area contributed by atoms with Crippen LogP contribution in [-0.2, 0) is 16.1 Å². The SMILES string of the molecule is CCC(=C(c1ccc(O)cc1)c1ccc(N2CCC(CN3CCN(c4ccc5c(c4)CN(C4CCC(=O)NC4=O)C5=O)CC3)CC2)cc1)c1ccccc1. The number of rotatable bonds is 9. The molecule has 54 heavy (non-hydrogen) atoms. The van der Waals surface area contributed by atoms with E-state index in [1.54, 1.807) is 17.0 Å². The summed E-state index contributed by atoms with van der Waals surface area (Å²) in [6.45, 7) is 9.76. The molecule has 4 aromatic rings. The number of carbonyl (C=O) groups is 3. The lowest BCUT2D eigenvalue weighted by Crippen LogP contribution is -2.52. The number of hydrogen-bond donors (Lipinski definition) is 2. The van der Waals surface area contributed by atoms with E-state index in [-0.39, 0.29) is 29.9 Å². The van der Waals surface area contributed by atoms with Crippen molar-refractivity contribution >= 4 is 40.2 Å². The number of carbonyl (C=O) groups excluding carboxylic acids is 3. The molecule has 0 aliphatic carbocycles. The molecule has 9 heteroatoms. The Hall–Kier alpha value is -5.41. The number of benzene rings is 4. The van der Waals surface area contributed by atoms with Gasteiger partial charge in [-0.1, -0.05) is 61.5 Å². The molecule has 1 atom stereocenters. The maximum atomic E-state index is 13.1. The standard InChI is InChI=1S/C45H49N5O4/c1-2-39(32-6-4-3-5-7-32)43(34-10-15-38(51)16-11-34)33-8-12-36(13-9-33)48-22-20-31(21-23-48)29-47-24-26-49(27-25-47)37-14-17-40-35(28-37)30-50(45(40)54)41-18-19-42(52)46-44(41)53/h3-17,28,31,41,51H,2,18-27,29-30H2,1H3,(H,46,52,53). The van der Waals surface area contributed by atoms with Crippen LogP contribution in [0.2, 0.25) is 0 Å². The molecule has 278 valence electrons. The van der Waals surface area contributed by atoms with Crippen molar-refractivity contribution in [1.29, 1.82) is 0 Å². The van der Waals surface area contributed by atoms with E-state index in [1.165, 1.54) is 40.8 Å². The van der Waals surface area contributed by atoms with Crippen LogP contribution in [0.5, 0.6) is 5.75 Å². The zero-order valence-electron chi connectivity index (χ0n) is 31.0. The van der Waals surface area contributed by atoms with Crippen molar-refractivity contribution < 1.29 is 19.5 Å². The average Bonchev–Trinajstić information content (AvgIpc) is 3.53. The van der Waals surface area contributed by atoms with Crippen molar-refractivity contribution in [1.82, 2.24) is 15.1 Å². The molecule has 8 rings (SSSR count). The third-order valence-electron chi connectivity index (χ3n) is 11.8. The van der Waals surface area contributed by atoms with Gasteiger partial charge >= 0.3 is 0 Å². The molecule has 0 spiro atoms. The molecule has 0 saturated carbocycles. The Morgan fingerprint density at radius 3 is 2.04 bits per heavy atom. The van der Waals surface area contributed by atoms with Crippen LogP contribution in [0.3, 0.4) is 0 Å². The predicted octanol–water partition coefficient (Wildman–Crippen LogP) is 6.56. The molecule has 0 aromatic heterocycles. The molecule has 4 aromatic carbocycles. The number of nitrogens with one attached hydrogen (secondary N) is 1. The van der Waals surface area contributed by atoms with Crippen LogP contribution in [0.4, 0.5) is 11.4 Å². The molecule has 0 radical (unpaired) electrons. The number of anilines is 2. The maximum Gasteiger partial charge on any atom is 0.255 e. The monoisotopic (exact) mass is 723 g/mol. The minimum Gasteiger partial charge on any atom is -0.508 e. The van der Waals surface area contributed by atoms with E-state index in [0.717, 1.165) is 69.0 Å². The van der Waals surface area contributed by atoms with Gasteiger partial charge in [0.2, 0.25) is 11.8 Å². The van der Waals surface area contributed by atoms with Crippen LogP contribution < -0.4 is 15.1 Å². The molecule has 2 N–H and O–H groups in total. The lowest BCUT2D eigenvalue weighted by molar-refractivity contribution is -0.136. The van der Waals surface area contributed by atoms with Gasteiger partial charge in [0.15, 0.2) is 0 Å². The number of phenols is 1. The van der Waals surface area contributed by atoms with Crippen molar-refractivity contribution in [2.24, 2.45) is 5.92 Å². The number of imide groups is 1. The third-order valence-corrected chi connectivity index (χ3v) is 11.8. The number of allylic oxidation sites excluding steroid dienone is 1. The molecule has 3 fully saturated rings. The highest BCUT2D eigenvalue weighted by atomic mass is 16.3. The van der Waals surface area contributed by atoms with Gasteiger partial charge in [-0.15, -0.1) is 0 Å². The molecule has 1 unspecified atom stereocenters. The van der Waals surface area contributed by atoms with E-state index in [0.29, 0.717) is 24.4 Å². The molecule has 4 aliphatic rings. The van der Waals surface area contributed by atoms with Gasteiger partial charge in [0.05, 0.1) is 0 Å². The summed E-state index contributed by atoms with van der Waals surface area (Å²) in [4.78, 5) is 46.4. The van der Waals surface area contributed by atoms with Gasteiger partial charge in [-0.2, -0.15) is 0 Å². The van der Waals surface area contributed by atoms with Crippen molar-refractivity contribution in [2.45, 2.75) is 51.6 Å². The Bertz CT molecular complexity index is 2030. The van der Waals surface area contributed by atoms with Gasteiger partial charge in [-0.25, -0.2) is 0 Å². The Labute approximate surface area is 317 Å². The summed E-state index contributed by atoms with van der Waals surface area (Å²) < 4.78 is 0. The van der Waals surface area contributed by atoms with Crippen molar-refractivity contribution in [3.8, 4) is 5.75 Å². The predicted molar refractivity (Wildman–Crippen MR) is 213 cm³/mol. The van der Waals surface area contributed by atoms with Crippen molar-refractivity contribution in [3.63, 3.8) is 0 Å². The van der Waals surface area contributed by atoms with E-state index in [2.05, 4.69) is 87.6 Å². The quantitative estimate of drug-likeness (QED) is 0.149. The van der Waals surface area contributed by atoms with E-state index in [4.69, 9.17) is 0 Å². The Morgan fingerprint density at radius 2 is 1.37 bits per heavy atom. The van der Waals surface area contributed by atoms with Gasteiger partial charge in [-0.3, -0.25) is 24.6 Å². The first kappa shape index (κ1) is 35.6. The average molecular weight is 724 g/mol. The number of aromatic hydroxyl groups is 1. The molecule has 0 bridgehead atoms. The topological polar surface area (TPSA) is 96.4 Å². The summed E-state index contributed by atoms with van der Waals surface area (Å²) in [5.74, 6) is 0.185. The van der Waals surface area contributed by atoms with Crippen LogP contribution in [0, 0.1) is 5.92 Å². The second-order valence-corrected chi connectivity index (χ2v) is 15.1. The van der Waals surface area contributed by atoms with Gasteiger partial charge < -0.3 is 19.8 Å². The number of fused-ring (bicyclic) bond motifs is 1. The fourth-order valence-corrected chi connectivity index (χ4v) is 8.83. The first-order valence-corrected chi connectivity index (χ1v) is 19.5. The van der Waals surface area contributed by atoms with Crippen LogP contribution >= 0.6 is 0 Å². The molecule has 4 heterocycles. The molecule has 3 amide bonds. The zero-order valence-corrected chi connectivity index (χ0v) is 31.0. The summed E-state index contributed by atoms with van der Waals surface area (Å²) in [6, 6.07) is 32.7. The maximum absolute atomic E-state index is 13.1. The molecular formula is C45H49N5O4. The summed E-state index contributed by atoms with van der Waals surface area (Å²) >= 11 is 0. The third kappa shape index (κ3) is 7.37. The summed E-state index contributed by atoms with van der Waals surface area (Å²) in [5, 5.41) is 12.4. The molecule has 4 aliphatic heterocycles. The molecule has 9 nitrogen and oxygen atoms in total. The normalized spacial score (nSPS) is 20.2. The fraction of sp³-hybridized carbons (Fsp3) is 0.356. The second-order valence-electron chi connectivity index (χ2n) is 15.1. The Balaban J connectivity index is 0.851. The highest BCUT2D eigenvalue weighted by molar-refractivity contribution is 6.05. The van der Waals surface area contributed by atoms with Gasteiger partial charge in [0.1, 0.15) is 11.8 Å². The number of piperidine rings is 2. The first-order valence-electron chi connectivity index (χ1n) is 19.5. The van der Waals surface area contributed by atoms with Gasteiger partial charge in [0.25, 0.3) is 5.91 Å². The highest BCUT2D eigenvalue weighted by Gasteiger charge is 2.39. The minimum atomic E-state index is -0.589. The largest absolute Gasteiger partial charge is 0.508 e. The highest BCUT2D eigenvalue weighted by Crippen LogP contribution is 2.36. The van der Waals surface area contributed by atoms with Crippen LogP contribution in [0.25, 0.3) is 11.1 Å². The number of nitrogens with zero attached hydrogens (tertiary/aromatic N) is 4. The zero-order chi connectivity index (χ0) is 37.2. The van der Waals surface area contributed by atoms with Gasteiger partial charge in [-0.05, 0) is 107 Å². The molecule has 3 saturated heterocycles. The Morgan fingerprint density at radius 1 is 0.722 bits per heavy atom. The number of phenolic OH excluding ortho intramolecular Hbond substituents is 1. The number of amides is 3. The fourth-order valence-electron chi connectivity index (χ4n) is 8.83. The smallest absolute Gasteiger partial charge is 0.255 e. The minimum absolute atomic E-state index is 0.125. The van der Waals surface area contributed by atoms with E-state index >= 15 is 0 Å². The Kier molecular flexibility index (Phi) is 10.2. The summed E-state index contributed by atoms with van der Waals surface area (Å²) in [6.07, 6.45) is 3.89. The van der Waals surface area contributed by atoms with Crippen LogP contribution in [0.15, 0.2) is 97.1 Å². The van der Waals surface area contributed by atoms with Crippen molar-refractivity contribution in [3.05, 3.63) is 125 Å². The lowest BCUT2D eigenvalue weighted by Gasteiger charge is -2.40. The lowest BCUT2D eigenvalue weighted by atomic mass is 9.88. The van der Waals surface area contributed by atoms with Crippen molar-refractivity contribution in [2.75, 3.05) is 55.6 Å². The van der Waals surface area contributed by atoms with E-state index in [9.17, 15) is 19.5 Å². The number of piperazine rings is 1. The molecular weight excluding hydrogens is 675 g/mol. The summed E-state index contributed by atoms with van der Waals surface area (Å²) in [7, 11) is 0.